The summed E-state index contributed by atoms with van der Waals surface area (Å²) in [4.78, 5) is 0.144. The number of nitrogens with one attached hydrogen (secondary N) is 1. The minimum atomic E-state index is -3.78. The Balaban J connectivity index is 2.38. The predicted molar refractivity (Wildman–Crippen MR) is 89.3 cm³/mol. The Morgan fingerprint density at radius 1 is 0.870 bits per heavy atom. The lowest BCUT2D eigenvalue weighted by molar-refractivity contribution is 0.521. The van der Waals surface area contributed by atoms with Gasteiger partial charge in [0.1, 0.15) is 0 Å². The van der Waals surface area contributed by atoms with Crippen LogP contribution in [0.2, 0.25) is 0 Å². The number of aryl methyl sites for hydroxylation is 1. The number of sulfonamides is 2. The first-order chi connectivity index (χ1) is 10.6. The van der Waals surface area contributed by atoms with E-state index in [9.17, 15) is 16.8 Å². The summed E-state index contributed by atoms with van der Waals surface area (Å²) in [5, 5.41) is 0. The first-order valence-corrected chi connectivity index (χ1v) is 9.67. The monoisotopic (exact) mass is 354 g/mol. The molecule has 8 heteroatoms. The van der Waals surface area contributed by atoms with Gasteiger partial charge in [-0.2, -0.15) is 0 Å². The van der Waals surface area contributed by atoms with E-state index in [1.807, 2.05) is 0 Å². The van der Waals surface area contributed by atoms with Crippen LogP contribution in [-0.2, 0) is 20.0 Å². The molecule has 0 heterocycles. The summed E-state index contributed by atoms with van der Waals surface area (Å²) in [5.41, 5.74) is 1.01. The lowest BCUT2D eigenvalue weighted by Gasteiger charge is -2.13. The molecule has 0 aliphatic heterocycles. The molecule has 0 saturated heterocycles. The van der Waals surface area contributed by atoms with Gasteiger partial charge in [-0.15, -0.1) is 0 Å². The molecule has 23 heavy (non-hydrogen) atoms. The van der Waals surface area contributed by atoms with Gasteiger partial charge in [0.05, 0.1) is 15.5 Å². The number of hydrogen-bond acceptors (Lipinski definition) is 4. The largest absolute Gasteiger partial charge is 0.280 e. The Morgan fingerprint density at radius 2 is 1.48 bits per heavy atom. The van der Waals surface area contributed by atoms with Crippen molar-refractivity contribution >= 4 is 25.7 Å². The molecule has 1 N–H and O–H groups in total. The highest BCUT2D eigenvalue weighted by atomic mass is 32.2. The first kappa shape index (κ1) is 17.5. The minimum Gasteiger partial charge on any atom is -0.280 e. The topological polar surface area (TPSA) is 83.5 Å². The van der Waals surface area contributed by atoms with Gasteiger partial charge in [0.25, 0.3) is 10.0 Å². The second-order valence-electron chi connectivity index (χ2n) is 5.24. The first-order valence-electron chi connectivity index (χ1n) is 6.75. The molecule has 0 amide bonds. The third-order valence-corrected chi connectivity index (χ3v) is 6.35. The van der Waals surface area contributed by atoms with Crippen LogP contribution in [0.15, 0.2) is 58.3 Å². The van der Waals surface area contributed by atoms with Crippen LogP contribution in [0.4, 0.5) is 5.69 Å². The molecule has 0 bridgehead atoms. The Hall–Kier alpha value is -1.90. The number of rotatable bonds is 5. The summed E-state index contributed by atoms with van der Waals surface area (Å²) in [6, 6.07) is 12.2. The lowest BCUT2D eigenvalue weighted by atomic mass is 10.2. The molecule has 2 aromatic carbocycles. The summed E-state index contributed by atoms with van der Waals surface area (Å²) in [6.45, 7) is 1.79. The zero-order chi connectivity index (χ0) is 17.3. The fourth-order valence-corrected chi connectivity index (χ4v) is 4.03. The lowest BCUT2D eigenvalue weighted by Crippen LogP contribution is -2.22. The third kappa shape index (κ3) is 3.90. The van der Waals surface area contributed by atoms with E-state index >= 15 is 0 Å². The van der Waals surface area contributed by atoms with Crippen molar-refractivity contribution in [3.05, 3.63) is 54.1 Å². The number of hydrogen-bond donors (Lipinski definition) is 1. The Kier molecular flexibility index (Phi) is 4.79. The summed E-state index contributed by atoms with van der Waals surface area (Å²) in [6.07, 6.45) is 0. The van der Waals surface area contributed by atoms with Crippen molar-refractivity contribution in [3.63, 3.8) is 0 Å². The second kappa shape index (κ2) is 6.31. The molecule has 0 aromatic heterocycles. The highest BCUT2D eigenvalue weighted by Crippen LogP contribution is 2.21. The molecule has 0 unspecified atom stereocenters. The van der Waals surface area contributed by atoms with E-state index in [0.29, 0.717) is 0 Å². The molecule has 6 nitrogen and oxygen atoms in total. The summed E-state index contributed by atoms with van der Waals surface area (Å²) in [5.74, 6) is 0. The van der Waals surface area contributed by atoms with Crippen LogP contribution in [0.1, 0.15) is 5.56 Å². The maximum atomic E-state index is 12.4. The van der Waals surface area contributed by atoms with E-state index in [0.717, 1.165) is 9.87 Å². The summed E-state index contributed by atoms with van der Waals surface area (Å²) >= 11 is 0. The van der Waals surface area contributed by atoms with Crippen molar-refractivity contribution in [2.75, 3.05) is 18.8 Å². The van der Waals surface area contributed by atoms with Crippen molar-refractivity contribution in [3.8, 4) is 0 Å². The molecule has 0 fully saturated rings. The van der Waals surface area contributed by atoms with Crippen LogP contribution in [0, 0.1) is 6.92 Å². The van der Waals surface area contributed by atoms with Crippen LogP contribution in [0.5, 0.6) is 0 Å². The number of benzene rings is 2. The van der Waals surface area contributed by atoms with E-state index < -0.39 is 20.0 Å². The fraction of sp³-hybridized carbons (Fsp3) is 0.200. The molecule has 0 aliphatic carbocycles. The molecule has 0 atom stereocenters. The molecule has 0 saturated carbocycles. The van der Waals surface area contributed by atoms with Crippen molar-refractivity contribution in [2.45, 2.75) is 16.7 Å². The standard InChI is InChI=1S/C15H18N2O4S2/c1-12-6-4-8-14(10-12)22(18,19)16-13-7-5-9-15(11-13)23(20,21)17(2)3/h4-11,16H,1-3H3. The van der Waals surface area contributed by atoms with E-state index in [-0.39, 0.29) is 15.5 Å². The second-order valence-corrected chi connectivity index (χ2v) is 9.07. The Bertz CT molecular complexity index is 920. The van der Waals surface area contributed by atoms with Gasteiger partial charge < -0.3 is 0 Å². The van der Waals surface area contributed by atoms with Gasteiger partial charge in [-0.25, -0.2) is 21.1 Å². The van der Waals surface area contributed by atoms with Crippen molar-refractivity contribution < 1.29 is 16.8 Å². The highest BCUT2D eigenvalue weighted by molar-refractivity contribution is 7.92. The van der Waals surface area contributed by atoms with Gasteiger partial charge in [-0.3, -0.25) is 4.72 Å². The SMILES string of the molecule is Cc1cccc(S(=O)(=O)Nc2cccc(S(=O)(=O)N(C)C)c2)c1. The van der Waals surface area contributed by atoms with Crippen LogP contribution in [0.3, 0.4) is 0 Å². The molecule has 0 aliphatic rings. The van der Waals surface area contributed by atoms with Gasteiger partial charge in [0.2, 0.25) is 10.0 Å². The normalized spacial score (nSPS) is 12.3. The van der Waals surface area contributed by atoms with Crippen LogP contribution >= 0.6 is 0 Å². The van der Waals surface area contributed by atoms with E-state index in [1.165, 1.54) is 44.4 Å². The summed E-state index contributed by atoms with van der Waals surface area (Å²) < 4.78 is 52.5. The molecule has 0 radical (unpaired) electrons. The van der Waals surface area contributed by atoms with E-state index in [4.69, 9.17) is 0 Å². The Labute approximate surface area is 136 Å². The summed E-state index contributed by atoms with van der Waals surface area (Å²) in [7, 11) is -4.57. The molecule has 0 spiro atoms. The average molecular weight is 354 g/mol. The fourth-order valence-electron chi connectivity index (χ4n) is 1.93. The minimum absolute atomic E-state index is 0.0203. The van der Waals surface area contributed by atoms with E-state index in [1.54, 1.807) is 25.1 Å². The zero-order valence-corrected chi connectivity index (χ0v) is 14.6. The third-order valence-electron chi connectivity index (χ3n) is 3.16. The quantitative estimate of drug-likeness (QED) is 0.891. The van der Waals surface area contributed by atoms with Crippen molar-refractivity contribution in [1.29, 1.82) is 0 Å². The number of anilines is 1. The Morgan fingerprint density at radius 3 is 2.09 bits per heavy atom. The smallest absolute Gasteiger partial charge is 0.261 e. The molecule has 2 aromatic rings. The molecular formula is C15H18N2O4S2. The van der Waals surface area contributed by atoms with Gasteiger partial charge in [0, 0.05) is 14.1 Å². The maximum absolute atomic E-state index is 12.4. The highest BCUT2D eigenvalue weighted by Gasteiger charge is 2.19. The predicted octanol–water partition coefficient (Wildman–Crippen LogP) is 2.05. The van der Waals surface area contributed by atoms with Crippen LogP contribution in [-0.4, -0.2) is 35.2 Å². The molecule has 2 rings (SSSR count). The van der Waals surface area contributed by atoms with Crippen LogP contribution < -0.4 is 4.72 Å². The van der Waals surface area contributed by atoms with Gasteiger partial charge in [0.15, 0.2) is 0 Å². The van der Waals surface area contributed by atoms with Gasteiger partial charge in [-0.05, 0) is 42.8 Å². The number of nitrogens with zero attached hydrogens (tertiary/aromatic N) is 1. The van der Waals surface area contributed by atoms with Gasteiger partial charge in [-0.1, -0.05) is 18.2 Å². The van der Waals surface area contributed by atoms with Crippen LogP contribution in [0.25, 0.3) is 0 Å². The van der Waals surface area contributed by atoms with Gasteiger partial charge >= 0.3 is 0 Å². The average Bonchev–Trinajstić information content (AvgIpc) is 2.47. The maximum Gasteiger partial charge on any atom is 0.261 e. The van der Waals surface area contributed by atoms with Crippen molar-refractivity contribution in [1.82, 2.24) is 4.31 Å². The van der Waals surface area contributed by atoms with E-state index in [2.05, 4.69) is 4.72 Å². The molecule has 124 valence electrons. The van der Waals surface area contributed by atoms with Crippen molar-refractivity contribution in [2.24, 2.45) is 0 Å². The zero-order valence-electron chi connectivity index (χ0n) is 13.0. The molecular weight excluding hydrogens is 336 g/mol.